The predicted octanol–water partition coefficient (Wildman–Crippen LogP) is 0.664. The normalized spacial score (nSPS) is 10.8. The zero-order valence-electron chi connectivity index (χ0n) is 9.08. The molecule has 0 bridgehead atoms. The quantitative estimate of drug-likeness (QED) is 0.750. The number of hydrogen-bond acceptors (Lipinski definition) is 5. The van der Waals surface area contributed by atoms with E-state index in [0.29, 0.717) is 0 Å². The molecule has 1 aromatic heterocycles. The largest absolute Gasteiger partial charge is 0.394 e. The number of nitrogens with two attached hydrogens (primary N) is 1. The Labute approximate surface area is 103 Å². The maximum atomic E-state index is 12.1. The lowest BCUT2D eigenvalue weighted by molar-refractivity contribution is 0.601. The van der Waals surface area contributed by atoms with Crippen molar-refractivity contribution in [3.05, 3.63) is 36.0 Å². The number of sulfonamides is 1. The van der Waals surface area contributed by atoms with Gasteiger partial charge in [-0.2, -0.15) is 10.4 Å². The fourth-order valence-corrected chi connectivity index (χ4v) is 2.56. The van der Waals surface area contributed by atoms with Gasteiger partial charge in [0.2, 0.25) is 0 Å². The van der Waals surface area contributed by atoms with Gasteiger partial charge in [-0.3, -0.25) is 9.82 Å². The summed E-state index contributed by atoms with van der Waals surface area (Å²) in [5.41, 5.74) is 5.74. The molecule has 2 rings (SSSR count). The molecular weight excluding hydrogens is 254 g/mol. The van der Waals surface area contributed by atoms with Crippen LogP contribution in [0.2, 0.25) is 0 Å². The number of rotatable bonds is 3. The number of H-pyrrole nitrogens is 1. The molecule has 0 unspecified atom stereocenters. The van der Waals surface area contributed by atoms with Crippen LogP contribution < -0.4 is 10.5 Å². The Kier molecular flexibility index (Phi) is 2.91. The Morgan fingerprint density at radius 2 is 2.11 bits per heavy atom. The minimum atomic E-state index is -3.87. The van der Waals surface area contributed by atoms with Crippen molar-refractivity contribution in [2.75, 3.05) is 10.5 Å². The summed E-state index contributed by atoms with van der Waals surface area (Å²) in [4.78, 5) is -0.110. The standard InChI is InChI=1S/C10H9N5O2S/c11-5-7-3-1-2-4-9(7)18(16,17)15-10-8(12)6-13-14-10/h1-4,6H,12H2,(H2,13,14,15). The molecule has 0 aliphatic heterocycles. The van der Waals surface area contributed by atoms with Gasteiger partial charge in [0.15, 0.2) is 5.82 Å². The molecule has 0 atom stereocenters. The van der Waals surface area contributed by atoms with E-state index in [1.807, 2.05) is 6.07 Å². The number of aromatic nitrogens is 2. The van der Waals surface area contributed by atoms with Crippen LogP contribution in [0.1, 0.15) is 5.56 Å². The van der Waals surface area contributed by atoms with Gasteiger partial charge in [-0.25, -0.2) is 8.42 Å². The lowest BCUT2D eigenvalue weighted by Gasteiger charge is -2.07. The van der Waals surface area contributed by atoms with Crippen molar-refractivity contribution in [3.8, 4) is 6.07 Å². The SMILES string of the molecule is N#Cc1ccccc1S(=O)(=O)Nc1[nH]ncc1N. The molecule has 1 heterocycles. The Morgan fingerprint density at radius 3 is 2.72 bits per heavy atom. The Balaban J connectivity index is 2.44. The first kappa shape index (κ1) is 11.9. The molecule has 7 nitrogen and oxygen atoms in total. The zero-order valence-corrected chi connectivity index (χ0v) is 9.90. The summed E-state index contributed by atoms with van der Waals surface area (Å²) in [6, 6.07) is 7.70. The van der Waals surface area contributed by atoms with Crippen molar-refractivity contribution in [2.45, 2.75) is 4.90 Å². The highest BCUT2D eigenvalue weighted by Gasteiger charge is 2.19. The third kappa shape index (κ3) is 2.11. The monoisotopic (exact) mass is 263 g/mol. The van der Waals surface area contributed by atoms with E-state index in [1.54, 1.807) is 6.07 Å². The first-order chi connectivity index (χ1) is 8.54. The minimum Gasteiger partial charge on any atom is -0.394 e. The number of anilines is 2. The number of nitrogens with one attached hydrogen (secondary N) is 2. The number of nitrogen functional groups attached to an aromatic ring is 1. The van der Waals surface area contributed by atoms with E-state index in [9.17, 15) is 8.42 Å². The molecule has 0 fully saturated rings. The average molecular weight is 263 g/mol. The van der Waals surface area contributed by atoms with E-state index in [2.05, 4.69) is 14.9 Å². The fourth-order valence-electron chi connectivity index (χ4n) is 1.36. The fraction of sp³-hybridized carbons (Fsp3) is 0. The second-order valence-corrected chi connectivity index (χ2v) is 5.06. The summed E-state index contributed by atoms with van der Waals surface area (Å²) in [5, 5.41) is 14.9. The Morgan fingerprint density at radius 1 is 1.39 bits per heavy atom. The average Bonchev–Trinajstić information content (AvgIpc) is 2.74. The molecule has 92 valence electrons. The molecule has 2 aromatic rings. The lowest BCUT2D eigenvalue weighted by Crippen LogP contribution is -2.15. The van der Waals surface area contributed by atoms with Crippen molar-refractivity contribution >= 4 is 21.5 Å². The molecule has 0 radical (unpaired) electrons. The van der Waals surface area contributed by atoms with Gasteiger partial charge in [0.25, 0.3) is 10.0 Å². The number of nitriles is 1. The summed E-state index contributed by atoms with van der Waals surface area (Å²) in [5.74, 6) is 0.0720. The third-order valence-corrected chi connectivity index (χ3v) is 3.61. The highest BCUT2D eigenvalue weighted by molar-refractivity contribution is 7.92. The summed E-state index contributed by atoms with van der Waals surface area (Å²) in [6.07, 6.45) is 1.29. The van der Waals surface area contributed by atoms with Crippen molar-refractivity contribution in [3.63, 3.8) is 0 Å². The van der Waals surface area contributed by atoms with Gasteiger partial charge in [0.1, 0.15) is 11.0 Å². The molecule has 8 heteroatoms. The smallest absolute Gasteiger partial charge is 0.264 e. The second-order valence-electron chi connectivity index (χ2n) is 3.41. The van der Waals surface area contributed by atoms with Gasteiger partial charge < -0.3 is 5.73 Å². The third-order valence-electron chi connectivity index (χ3n) is 2.20. The van der Waals surface area contributed by atoms with Crippen LogP contribution in [-0.4, -0.2) is 18.6 Å². The number of aromatic amines is 1. The van der Waals surface area contributed by atoms with E-state index in [1.165, 1.54) is 24.4 Å². The summed E-state index contributed by atoms with van der Waals surface area (Å²) < 4.78 is 26.4. The van der Waals surface area contributed by atoms with Crippen molar-refractivity contribution < 1.29 is 8.42 Å². The maximum absolute atomic E-state index is 12.1. The number of benzene rings is 1. The topological polar surface area (TPSA) is 125 Å². The molecule has 0 aliphatic rings. The van der Waals surface area contributed by atoms with Gasteiger partial charge in [0.05, 0.1) is 17.4 Å². The molecular formula is C10H9N5O2S. The van der Waals surface area contributed by atoms with E-state index in [4.69, 9.17) is 11.0 Å². The van der Waals surface area contributed by atoms with Gasteiger partial charge in [-0.05, 0) is 12.1 Å². The number of nitrogens with zero attached hydrogens (tertiary/aromatic N) is 2. The van der Waals surface area contributed by atoms with Crippen LogP contribution in [-0.2, 0) is 10.0 Å². The van der Waals surface area contributed by atoms with Crippen LogP contribution in [0.3, 0.4) is 0 Å². The van der Waals surface area contributed by atoms with Crippen molar-refractivity contribution in [2.24, 2.45) is 0 Å². The molecule has 4 N–H and O–H groups in total. The van der Waals surface area contributed by atoms with Gasteiger partial charge in [0, 0.05) is 0 Å². The zero-order chi connectivity index (χ0) is 13.2. The molecule has 0 spiro atoms. The van der Waals surface area contributed by atoms with Crippen LogP contribution >= 0.6 is 0 Å². The van der Waals surface area contributed by atoms with E-state index < -0.39 is 10.0 Å². The summed E-state index contributed by atoms with van der Waals surface area (Å²) >= 11 is 0. The lowest BCUT2D eigenvalue weighted by atomic mass is 10.2. The molecule has 0 saturated carbocycles. The number of hydrogen-bond donors (Lipinski definition) is 3. The highest BCUT2D eigenvalue weighted by Crippen LogP contribution is 2.20. The molecule has 0 amide bonds. The van der Waals surface area contributed by atoms with E-state index >= 15 is 0 Å². The maximum Gasteiger partial charge on any atom is 0.264 e. The highest BCUT2D eigenvalue weighted by atomic mass is 32.2. The summed E-state index contributed by atoms with van der Waals surface area (Å²) in [6.45, 7) is 0. The van der Waals surface area contributed by atoms with Crippen LogP contribution in [0.25, 0.3) is 0 Å². The molecule has 18 heavy (non-hydrogen) atoms. The van der Waals surface area contributed by atoms with Crippen LogP contribution in [0.5, 0.6) is 0 Å². The Bertz CT molecular complexity index is 714. The van der Waals surface area contributed by atoms with Crippen molar-refractivity contribution in [1.29, 1.82) is 5.26 Å². The second kappa shape index (κ2) is 4.38. The van der Waals surface area contributed by atoms with Gasteiger partial charge in [-0.1, -0.05) is 12.1 Å². The Hall–Kier alpha value is -2.53. The van der Waals surface area contributed by atoms with Gasteiger partial charge >= 0.3 is 0 Å². The molecule has 0 saturated heterocycles. The predicted molar refractivity (Wildman–Crippen MR) is 65.0 cm³/mol. The van der Waals surface area contributed by atoms with Crippen molar-refractivity contribution in [1.82, 2.24) is 10.2 Å². The summed E-state index contributed by atoms with van der Waals surface area (Å²) in [7, 11) is -3.87. The van der Waals surface area contributed by atoms with E-state index in [-0.39, 0.29) is 22.0 Å². The van der Waals surface area contributed by atoms with E-state index in [0.717, 1.165) is 0 Å². The molecule has 0 aliphatic carbocycles. The van der Waals surface area contributed by atoms with Crippen LogP contribution in [0.4, 0.5) is 11.5 Å². The first-order valence-corrected chi connectivity index (χ1v) is 6.33. The minimum absolute atomic E-state index is 0.0584. The van der Waals surface area contributed by atoms with Crippen LogP contribution in [0.15, 0.2) is 35.4 Å². The van der Waals surface area contributed by atoms with Crippen LogP contribution in [0, 0.1) is 11.3 Å². The first-order valence-electron chi connectivity index (χ1n) is 4.85. The van der Waals surface area contributed by atoms with Gasteiger partial charge in [-0.15, -0.1) is 0 Å². The molecule has 1 aromatic carbocycles.